The van der Waals surface area contributed by atoms with Crippen LogP contribution in [-0.4, -0.2) is 23.3 Å². The minimum absolute atomic E-state index is 0.112. The summed E-state index contributed by atoms with van der Waals surface area (Å²) in [5, 5.41) is 11.1. The Balaban J connectivity index is 2.19. The van der Waals surface area contributed by atoms with Crippen LogP contribution >= 0.6 is 0 Å². The monoisotopic (exact) mass is 219 g/mol. The molecule has 2 rings (SSSR count). The molecule has 86 valence electrons. The van der Waals surface area contributed by atoms with Crippen molar-refractivity contribution in [2.45, 2.75) is 25.8 Å². The minimum Gasteiger partial charge on any atom is -0.496 e. The van der Waals surface area contributed by atoms with E-state index in [9.17, 15) is 0 Å². The van der Waals surface area contributed by atoms with Crippen molar-refractivity contribution in [3.8, 4) is 0 Å². The molecule has 0 radical (unpaired) electrons. The van der Waals surface area contributed by atoms with E-state index in [1.807, 2.05) is 6.07 Å². The zero-order valence-corrected chi connectivity index (χ0v) is 9.52. The van der Waals surface area contributed by atoms with E-state index in [-0.39, 0.29) is 6.04 Å². The molecule has 0 spiro atoms. The molecule has 1 N–H and O–H groups in total. The minimum atomic E-state index is 0.112. The van der Waals surface area contributed by atoms with E-state index in [4.69, 9.17) is 4.74 Å². The molecule has 1 aliphatic rings. The number of nitrogens with zero attached hydrogens (tertiary/aromatic N) is 2. The quantitative estimate of drug-likeness (QED) is 0.839. The first kappa shape index (κ1) is 11.1. The fourth-order valence-electron chi connectivity index (χ4n) is 1.84. The molecule has 0 aromatic carbocycles. The molecule has 0 amide bonds. The molecule has 0 saturated carbocycles. The zero-order valence-electron chi connectivity index (χ0n) is 9.52. The molecule has 1 aromatic rings. The summed E-state index contributed by atoms with van der Waals surface area (Å²) in [6.07, 6.45) is 7.86. The second kappa shape index (κ2) is 5.61. The lowest BCUT2D eigenvalue weighted by molar-refractivity contribution is 0.168. The molecule has 16 heavy (non-hydrogen) atoms. The van der Waals surface area contributed by atoms with Crippen molar-refractivity contribution in [1.82, 2.24) is 15.5 Å². The normalized spacial score (nSPS) is 17.4. The molecule has 4 nitrogen and oxygen atoms in total. The summed E-state index contributed by atoms with van der Waals surface area (Å²) in [7, 11) is 0. The lowest BCUT2D eigenvalue weighted by Gasteiger charge is -2.24. The molecule has 1 aliphatic heterocycles. The summed E-state index contributed by atoms with van der Waals surface area (Å²) in [5.74, 6) is 1.01. The van der Waals surface area contributed by atoms with Crippen molar-refractivity contribution in [3.05, 3.63) is 35.9 Å². The van der Waals surface area contributed by atoms with Crippen molar-refractivity contribution in [2.75, 3.05) is 13.2 Å². The van der Waals surface area contributed by atoms with Gasteiger partial charge in [-0.2, -0.15) is 10.2 Å². The Bertz CT molecular complexity index is 351. The SMILES string of the molecule is CCNC(C1=CCCCO1)c1ccnnc1. The first-order valence-electron chi connectivity index (χ1n) is 5.74. The van der Waals surface area contributed by atoms with Gasteiger partial charge in [0.1, 0.15) is 5.76 Å². The van der Waals surface area contributed by atoms with Crippen molar-refractivity contribution in [1.29, 1.82) is 0 Å². The van der Waals surface area contributed by atoms with E-state index in [0.29, 0.717) is 0 Å². The number of allylic oxidation sites excluding steroid dienone is 1. The van der Waals surface area contributed by atoms with Gasteiger partial charge in [-0.1, -0.05) is 6.92 Å². The van der Waals surface area contributed by atoms with Gasteiger partial charge in [-0.05, 0) is 37.1 Å². The van der Waals surface area contributed by atoms with E-state index in [2.05, 4.69) is 28.5 Å². The number of hydrogen-bond donors (Lipinski definition) is 1. The highest BCUT2D eigenvalue weighted by atomic mass is 16.5. The molecule has 4 heteroatoms. The second-order valence-corrected chi connectivity index (χ2v) is 3.76. The molecule has 0 fully saturated rings. The average Bonchev–Trinajstić information content (AvgIpc) is 2.38. The standard InChI is InChI=1S/C12H17N3O/c1-2-13-12(10-6-7-14-15-9-10)11-5-3-4-8-16-11/h5-7,9,12-13H,2-4,8H2,1H3. The first-order valence-corrected chi connectivity index (χ1v) is 5.74. The molecular weight excluding hydrogens is 202 g/mol. The third-order valence-corrected chi connectivity index (χ3v) is 2.60. The van der Waals surface area contributed by atoms with Crippen LogP contribution in [0, 0.1) is 0 Å². The van der Waals surface area contributed by atoms with E-state index in [1.165, 1.54) is 0 Å². The number of hydrogen-bond acceptors (Lipinski definition) is 4. The van der Waals surface area contributed by atoms with E-state index in [0.717, 1.165) is 37.3 Å². The van der Waals surface area contributed by atoms with Crippen molar-refractivity contribution in [3.63, 3.8) is 0 Å². The number of aromatic nitrogens is 2. The van der Waals surface area contributed by atoms with Crippen molar-refractivity contribution >= 4 is 0 Å². The largest absolute Gasteiger partial charge is 0.496 e. The van der Waals surface area contributed by atoms with Gasteiger partial charge in [0.2, 0.25) is 0 Å². The number of nitrogens with one attached hydrogen (secondary N) is 1. The third-order valence-electron chi connectivity index (χ3n) is 2.60. The molecule has 0 saturated heterocycles. The van der Waals surface area contributed by atoms with Crippen LogP contribution in [0.3, 0.4) is 0 Å². The van der Waals surface area contributed by atoms with E-state index < -0.39 is 0 Å². The Hall–Kier alpha value is -1.42. The van der Waals surface area contributed by atoms with Gasteiger partial charge in [-0.3, -0.25) is 0 Å². The highest BCUT2D eigenvalue weighted by Crippen LogP contribution is 2.25. The van der Waals surface area contributed by atoms with Crippen LogP contribution in [0.5, 0.6) is 0 Å². The van der Waals surface area contributed by atoms with Crippen LogP contribution in [0.15, 0.2) is 30.3 Å². The molecule has 1 unspecified atom stereocenters. The highest BCUT2D eigenvalue weighted by Gasteiger charge is 2.18. The second-order valence-electron chi connectivity index (χ2n) is 3.76. The molecule has 2 heterocycles. The van der Waals surface area contributed by atoms with Crippen LogP contribution < -0.4 is 5.32 Å². The zero-order chi connectivity index (χ0) is 11.2. The van der Waals surface area contributed by atoms with Gasteiger partial charge in [0.15, 0.2) is 0 Å². The average molecular weight is 219 g/mol. The summed E-state index contributed by atoms with van der Waals surface area (Å²) in [5.41, 5.74) is 1.10. The highest BCUT2D eigenvalue weighted by molar-refractivity contribution is 5.22. The topological polar surface area (TPSA) is 47.0 Å². The fourth-order valence-corrected chi connectivity index (χ4v) is 1.84. The lowest BCUT2D eigenvalue weighted by Crippen LogP contribution is -2.25. The fraction of sp³-hybridized carbons (Fsp3) is 0.500. The molecule has 1 atom stereocenters. The Morgan fingerprint density at radius 2 is 2.44 bits per heavy atom. The Morgan fingerprint density at radius 3 is 3.06 bits per heavy atom. The van der Waals surface area contributed by atoms with Crippen LogP contribution in [0.2, 0.25) is 0 Å². The van der Waals surface area contributed by atoms with Crippen LogP contribution in [0.4, 0.5) is 0 Å². The van der Waals surface area contributed by atoms with Crippen LogP contribution in [0.25, 0.3) is 0 Å². The lowest BCUT2D eigenvalue weighted by atomic mass is 10.1. The Morgan fingerprint density at radius 1 is 1.50 bits per heavy atom. The van der Waals surface area contributed by atoms with Gasteiger partial charge < -0.3 is 10.1 Å². The van der Waals surface area contributed by atoms with Gasteiger partial charge >= 0.3 is 0 Å². The van der Waals surface area contributed by atoms with Gasteiger partial charge in [-0.25, -0.2) is 0 Å². The molecular formula is C12H17N3O. The van der Waals surface area contributed by atoms with Gasteiger partial charge in [0.05, 0.1) is 18.8 Å². The summed E-state index contributed by atoms with van der Waals surface area (Å²) >= 11 is 0. The van der Waals surface area contributed by atoms with Gasteiger partial charge in [0.25, 0.3) is 0 Å². The Labute approximate surface area is 95.7 Å². The first-order chi connectivity index (χ1) is 7.92. The van der Waals surface area contributed by atoms with Crippen molar-refractivity contribution in [2.24, 2.45) is 0 Å². The summed E-state index contributed by atoms with van der Waals surface area (Å²) in [4.78, 5) is 0. The maximum atomic E-state index is 5.70. The summed E-state index contributed by atoms with van der Waals surface area (Å²) < 4.78 is 5.70. The Kier molecular flexibility index (Phi) is 3.88. The van der Waals surface area contributed by atoms with Crippen LogP contribution in [0.1, 0.15) is 31.4 Å². The predicted molar refractivity (Wildman–Crippen MR) is 61.7 cm³/mol. The molecule has 0 bridgehead atoms. The van der Waals surface area contributed by atoms with Crippen LogP contribution in [-0.2, 0) is 4.74 Å². The third kappa shape index (κ3) is 2.58. The van der Waals surface area contributed by atoms with Crippen molar-refractivity contribution < 1.29 is 4.74 Å². The number of rotatable bonds is 4. The number of likely N-dealkylation sites (N-methyl/N-ethyl adjacent to an activating group) is 1. The maximum Gasteiger partial charge on any atom is 0.113 e. The van der Waals surface area contributed by atoms with Gasteiger partial charge in [0, 0.05) is 6.20 Å². The number of ether oxygens (including phenoxy) is 1. The predicted octanol–water partition coefficient (Wildman–Crippen LogP) is 1.82. The summed E-state index contributed by atoms with van der Waals surface area (Å²) in [6, 6.07) is 2.08. The van der Waals surface area contributed by atoms with E-state index in [1.54, 1.807) is 12.4 Å². The van der Waals surface area contributed by atoms with Gasteiger partial charge in [-0.15, -0.1) is 0 Å². The van der Waals surface area contributed by atoms with E-state index >= 15 is 0 Å². The molecule has 1 aromatic heterocycles. The molecule has 0 aliphatic carbocycles. The summed E-state index contributed by atoms with van der Waals surface area (Å²) in [6.45, 7) is 3.80. The smallest absolute Gasteiger partial charge is 0.113 e. The maximum absolute atomic E-state index is 5.70.